The van der Waals surface area contributed by atoms with Gasteiger partial charge in [-0.25, -0.2) is 4.79 Å². The number of phenolic OH excluding ortho intramolecular Hbond substituents is 1. The molecule has 0 bridgehead atoms. The Balaban J connectivity index is 1.94. The minimum absolute atomic E-state index is 0.0911. The Labute approximate surface area is 134 Å². The second kappa shape index (κ2) is 12.1. The zero-order valence-corrected chi connectivity index (χ0v) is 13.9. The smallest absolute Gasteiger partial charge is 0.338 e. The fourth-order valence-corrected chi connectivity index (χ4v) is 2.47. The molecule has 0 aliphatic heterocycles. The topological polar surface area (TPSA) is 46.5 Å². The minimum atomic E-state index is -0.355. The van der Waals surface area contributed by atoms with E-state index in [9.17, 15) is 9.90 Å². The SMILES string of the molecule is CCCCCCCCCCCCOC(=O)c1cccc(O)c1. The van der Waals surface area contributed by atoms with Crippen LogP contribution < -0.4 is 0 Å². The Morgan fingerprint density at radius 1 is 0.955 bits per heavy atom. The first kappa shape index (κ1) is 18.5. The molecule has 0 heterocycles. The van der Waals surface area contributed by atoms with Gasteiger partial charge in [0.25, 0.3) is 0 Å². The number of carbonyl (C=O) groups is 1. The van der Waals surface area contributed by atoms with Crippen molar-refractivity contribution in [1.29, 1.82) is 0 Å². The van der Waals surface area contributed by atoms with E-state index in [1.165, 1.54) is 57.4 Å². The summed E-state index contributed by atoms with van der Waals surface area (Å²) in [6, 6.07) is 6.27. The molecule has 0 fully saturated rings. The minimum Gasteiger partial charge on any atom is -0.508 e. The van der Waals surface area contributed by atoms with E-state index in [0.717, 1.165) is 12.8 Å². The molecule has 0 aliphatic carbocycles. The van der Waals surface area contributed by atoms with Crippen LogP contribution >= 0.6 is 0 Å². The van der Waals surface area contributed by atoms with Gasteiger partial charge in [-0.15, -0.1) is 0 Å². The summed E-state index contributed by atoms with van der Waals surface area (Å²) in [7, 11) is 0. The number of hydrogen-bond donors (Lipinski definition) is 1. The van der Waals surface area contributed by atoms with Gasteiger partial charge >= 0.3 is 5.97 Å². The number of aromatic hydroxyl groups is 1. The molecule has 0 spiro atoms. The standard InChI is InChI=1S/C19H30O3/c1-2-3-4-5-6-7-8-9-10-11-15-22-19(21)17-13-12-14-18(20)16-17/h12-14,16,20H,2-11,15H2,1H3. The lowest BCUT2D eigenvalue weighted by Gasteiger charge is -2.05. The third-order valence-corrected chi connectivity index (χ3v) is 3.81. The maximum atomic E-state index is 11.7. The van der Waals surface area contributed by atoms with Gasteiger partial charge in [0.1, 0.15) is 5.75 Å². The predicted molar refractivity (Wildman–Crippen MR) is 90.2 cm³/mol. The van der Waals surface area contributed by atoms with E-state index in [2.05, 4.69) is 6.92 Å². The van der Waals surface area contributed by atoms with Crippen LogP contribution in [0, 0.1) is 0 Å². The average Bonchev–Trinajstić information content (AvgIpc) is 2.52. The molecule has 1 N–H and O–H groups in total. The molecule has 124 valence electrons. The second-order valence-electron chi connectivity index (χ2n) is 5.87. The van der Waals surface area contributed by atoms with Crippen LogP contribution in [0.3, 0.4) is 0 Å². The molecule has 1 aromatic carbocycles. The molecule has 1 rings (SSSR count). The lowest BCUT2D eigenvalue weighted by molar-refractivity contribution is 0.0497. The Morgan fingerprint density at radius 2 is 1.55 bits per heavy atom. The second-order valence-corrected chi connectivity index (χ2v) is 5.87. The maximum Gasteiger partial charge on any atom is 0.338 e. The van der Waals surface area contributed by atoms with Gasteiger partial charge in [-0.1, -0.05) is 70.8 Å². The van der Waals surface area contributed by atoms with Crippen molar-refractivity contribution in [2.75, 3.05) is 6.61 Å². The van der Waals surface area contributed by atoms with Crippen LogP contribution in [-0.4, -0.2) is 17.7 Å². The summed E-state index contributed by atoms with van der Waals surface area (Å²) in [6.45, 7) is 2.71. The number of unbranched alkanes of at least 4 members (excludes halogenated alkanes) is 9. The quantitative estimate of drug-likeness (QED) is 0.411. The third kappa shape index (κ3) is 8.71. The number of phenols is 1. The van der Waals surface area contributed by atoms with Gasteiger partial charge in [0.15, 0.2) is 0 Å². The monoisotopic (exact) mass is 306 g/mol. The van der Waals surface area contributed by atoms with Crippen molar-refractivity contribution in [3.05, 3.63) is 29.8 Å². The van der Waals surface area contributed by atoms with E-state index in [-0.39, 0.29) is 11.7 Å². The van der Waals surface area contributed by atoms with Crippen LogP contribution in [0.2, 0.25) is 0 Å². The van der Waals surface area contributed by atoms with Gasteiger partial charge in [-0.05, 0) is 24.6 Å². The van der Waals surface area contributed by atoms with Gasteiger partial charge in [0, 0.05) is 0 Å². The molecule has 0 unspecified atom stereocenters. The average molecular weight is 306 g/mol. The first-order chi connectivity index (χ1) is 10.7. The molecule has 3 heteroatoms. The van der Waals surface area contributed by atoms with Crippen molar-refractivity contribution < 1.29 is 14.6 Å². The van der Waals surface area contributed by atoms with Crippen molar-refractivity contribution in [1.82, 2.24) is 0 Å². The van der Waals surface area contributed by atoms with Crippen molar-refractivity contribution >= 4 is 5.97 Å². The summed E-state index contributed by atoms with van der Waals surface area (Å²) in [5.74, 6) is -0.264. The number of hydrogen-bond acceptors (Lipinski definition) is 3. The lowest BCUT2D eigenvalue weighted by Crippen LogP contribution is -2.06. The van der Waals surface area contributed by atoms with Crippen LogP contribution in [0.1, 0.15) is 81.5 Å². The summed E-state index contributed by atoms with van der Waals surface area (Å²) in [5.41, 5.74) is 0.409. The molecule has 22 heavy (non-hydrogen) atoms. The number of esters is 1. The molecule has 0 atom stereocenters. The van der Waals surface area contributed by atoms with Gasteiger partial charge in [-0.2, -0.15) is 0 Å². The first-order valence-electron chi connectivity index (χ1n) is 8.70. The highest BCUT2D eigenvalue weighted by Crippen LogP contribution is 2.13. The van der Waals surface area contributed by atoms with Crippen molar-refractivity contribution in [2.24, 2.45) is 0 Å². The number of benzene rings is 1. The van der Waals surface area contributed by atoms with E-state index in [1.807, 2.05) is 0 Å². The highest BCUT2D eigenvalue weighted by molar-refractivity contribution is 5.89. The number of carbonyl (C=O) groups excluding carboxylic acids is 1. The van der Waals surface area contributed by atoms with Crippen molar-refractivity contribution in [3.8, 4) is 5.75 Å². The van der Waals surface area contributed by atoms with Crippen molar-refractivity contribution in [2.45, 2.75) is 71.1 Å². The summed E-state index contributed by atoms with van der Waals surface area (Å²) in [6.07, 6.45) is 12.6. The molecule has 0 radical (unpaired) electrons. The molecule has 0 saturated heterocycles. The summed E-state index contributed by atoms with van der Waals surface area (Å²) >= 11 is 0. The van der Waals surface area contributed by atoms with Crippen LogP contribution in [0.15, 0.2) is 24.3 Å². The Kier molecular flexibility index (Phi) is 10.2. The highest BCUT2D eigenvalue weighted by atomic mass is 16.5. The number of ether oxygens (including phenoxy) is 1. The van der Waals surface area contributed by atoms with Gasteiger partial charge < -0.3 is 9.84 Å². The molecule has 1 aromatic rings. The molecule has 0 aliphatic rings. The molecule has 0 saturated carbocycles. The summed E-state index contributed by atoms with van der Waals surface area (Å²) in [4.78, 5) is 11.7. The molecular formula is C19H30O3. The van der Waals surface area contributed by atoms with E-state index < -0.39 is 0 Å². The van der Waals surface area contributed by atoms with E-state index in [1.54, 1.807) is 18.2 Å². The zero-order valence-electron chi connectivity index (χ0n) is 13.9. The third-order valence-electron chi connectivity index (χ3n) is 3.81. The van der Waals surface area contributed by atoms with Crippen molar-refractivity contribution in [3.63, 3.8) is 0 Å². The maximum absolute atomic E-state index is 11.7. The largest absolute Gasteiger partial charge is 0.508 e. The summed E-state index contributed by atoms with van der Waals surface area (Å²) in [5, 5.41) is 9.31. The van der Waals surface area contributed by atoms with Crippen LogP contribution in [0.25, 0.3) is 0 Å². The highest BCUT2D eigenvalue weighted by Gasteiger charge is 2.06. The van der Waals surface area contributed by atoms with Gasteiger partial charge in [-0.3, -0.25) is 0 Å². The summed E-state index contributed by atoms with van der Waals surface area (Å²) < 4.78 is 5.21. The predicted octanol–water partition coefficient (Wildman–Crippen LogP) is 5.47. The first-order valence-corrected chi connectivity index (χ1v) is 8.70. The van der Waals surface area contributed by atoms with Crippen LogP contribution in [-0.2, 0) is 4.74 Å². The van der Waals surface area contributed by atoms with E-state index in [0.29, 0.717) is 12.2 Å². The number of rotatable bonds is 12. The normalized spacial score (nSPS) is 10.6. The molecule has 0 amide bonds. The van der Waals surface area contributed by atoms with Crippen LogP contribution in [0.4, 0.5) is 0 Å². The van der Waals surface area contributed by atoms with E-state index in [4.69, 9.17) is 4.74 Å². The van der Waals surface area contributed by atoms with Gasteiger partial charge in [0.2, 0.25) is 0 Å². The fraction of sp³-hybridized carbons (Fsp3) is 0.632. The molecule has 3 nitrogen and oxygen atoms in total. The molecule has 0 aromatic heterocycles. The van der Waals surface area contributed by atoms with E-state index >= 15 is 0 Å². The Morgan fingerprint density at radius 3 is 2.14 bits per heavy atom. The Hall–Kier alpha value is -1.51. The fourth-order valence-electron chi connectivity index (χ4n) is 2.47. The lowest BCUT2D eigenvalue weighted by atomic mass is 10.1. The zero-order chi connectivity index (χ0) is 16.0. The Bertz CT molecular complexity index is 415. The molecular weight excluding hydrogens is 276 g/mol. The van der Waals surface area contributed by atoms with Gasteiger partial charge in [0.05, 0.1) is 12.2 Å². The van der Waals surface area contributed by atoms with Crippen LogP contribution in [0.5, 0.6) is 5.75 Å².